The molecule has 5 heteroatoms. The fourth-order valence-electron chi connectivity index (χ4n) is 2.58. The Morgan fingerprint density at radius 1 is 1.08 bits per heavy atom. The molecule has 3 nitrogen and oxygen atoms in total. The summed E-state index contributed by atoms with van der Waals surface area (Å²) in [6, 6.07) is 13.4. The number of thiophene rings is 1. The van der Waals surface area contributed by atoms with Crippen molar-refractivity contribution in [2.24, 2.45) is 0 Å². The summed E-state index contributed by atoms with van der Waals surface area (Å²) in [5.74, 6) is 0. The summed E-state index contributed by atoms with van der Waals surface area (Å²) >= 11 is 1.52. The van der Waals surface area contributed by atoms with Gasteiger partial charge in [0.15, 0.2) is 0 Å². The summed E-state index contributed by atoms with van der Waals surface area (Å²) in [6.45, 7) is 5.80. The smallest absolute Gasteiger partial charge is 0.249 e. The van der Waals surface area contributed by atoms with Crippen LogP contribution in [0.3, 0.4) is 0 Å². The predicted octanol–water partition coefficient (Wildman–Crippen LogP) is 5.13. The van der Waals surface area contributed by atoms with Gasteiger partial charge in [-0.3, -0.25) is 3.97 Å². The first-order chi connectivity index (χ1) is 12.0. The van der Waals surface area contributed by atoms with Crippen molar-refractivity contribution in [3.63, 3.8) is 0 Å². The van der Waals surface area contributed by atoms with Gasteiger partial charge in [-0.25, -0.2) is 8.42 Å². The number of nitrogens with zero attached hydrogens (tertiary/aromatic N) is 1. The van der Waals surface area contributed by atoms with Gasteiger partial charge < -0.3 is 0 Å². The maximum absolute atomic E-state index is 12.9. The number of hydrogen-bond acceptors (Lipinski definition) is 3. The Morgan fingerprint density at radius 2 is 1.76 bits per heavy atom. The third kappa shape index (κ3) is 3.67. The maximum atomic E-state index is 12.9. The Balaban J connectivity index is 1.94. The van der Waals surface area contributed by atoms with E-state index in [4.69, 9.17) is 0 Å². The highest BCUT2D eigenvalue weighted by molar-refractivity contribution is 7.90. The Morgan fingerprint density at radius 3 is 2.40 bits per heavy atom. The van der Waals surface area contributed by atoms with Crippen molar-refractivity contribution in [3.05, 3.63) is 94.5 Å². The average Bonchev–Trinajstić information content (AvgIpc) is 3.27. The van der Waals surface area contributed by atoms with E-state index < -0.39 is 15.3 Å². The van der Waals surface area contributed by atoms with Gasteiger partial charge in [0.05, 0.1) is 0 Å². The quantitative estimate of drug-likeness (QED) is 0.565. The summed E-state index contributed by atoms with van der Waals surface area (Å²) in [4.78, 5) is 0.918. The molecule has 0 N–H and O–H groups in total. The molecule has 0 aliphatic carbocycles. The van der Waals surface area contributed by atoms with Gasteiger partial charge in [-0.05, 0) is 47.7 Å². The molecule has 0 fully saturated rings. The minimum absolute atomic E-state index is 0.747. The number of benzene rings is 1. The number of rotatable bonds is 6. The summed E-state index contributed by atoms with van der Waals surface area (Å²) in [7, 11) is -3.57. The van der Waals surface area contributed by atoms with Gasteiger partial charge in [0.25, 0.3) is 0 Å². The van der Waals surface area contributed by atoms with E-state index in [9.17, 15) is 8.42 Å². The topological polar surface area (TPSA) is 39.1 Å². The molecule has 0 radical (unpaired) electrons. The fourth-order valence-corrected chi connectivity index (χ4v) is 5.00. The second kappa shape index (κ2) is 7.25. The predicted molar refractivity (Wildman–Crippen MR) is 106 cm³/mol. The first-order valence-corrected chi connectivity index (χ1v) is 10.2. The van der Waals surface area contributed by atoms with Gasteiger partial charge in [-0.1, -0.05) is 42.0 Å². The third-order valence-electron chi connectivity index (χ3n) is 3.94. The molecule has 2 heterocycles. The molecular formula is C20H19NO2S2. The summed E-state index contributed by atoms with van der Waals surface area (Å²) in [5.41, 5.74) is 3.03. The van der Waals surface area contributed by atoms with Crippen molar-refractivity contribution in [3.8, 4) is 0 Å². The molecular weight excluding hydrogens is 350 g/mol. The second-order valence-corrected chi connectivity index (χ2v) is 8.61. The Labute approximate surface area is 152 Å². The van der Waals surface area contributed by atoms with Gasteiger partial charge >= 0.3 is 0 Å². The first-order valence-electron chi connectivity index (χ1n) is 7.84. The van der Waals surface area contributed by atoms with Crippen molar-refractivity contribution in [2.75, 3.05) is 0 Å². The van der Waals surface area contributed by atoms with Gasteiger partial charge in [-0.2, -0.15) is 0 Å². The lowest BCUT2D eigenvalue weighted by Gasteiger charge is -2.15. The standard InChI is InChI=1S/C20H19NO2S2/c1-3-20(25(22,23)21-13-4-5-14-21)18-12-15-24-19(18)11-10-17-8-6-16(2)7-9-17/h3-15,20H,1H2,2H3/b11-10+. The molecule has 0 aliphatic heterocycles. The van der Waals surface area contributed by atoms with E-state index >= 15 is 0 Å². The van der Waals surface area contributed by atoms with Crippen LogP contribution < -0.4 is 0 Å². The van der Waals surface area contributed by atoms with Crippen molar-refractivity contribution in [1.29, 1.82) is 0 Å². The zero-order valence-corrected chi connectivity index (χ0v) is 15.5. The van der Waals surface area contributed by atoms with Gasteiger partial charge in [0.2, 0.25) is 10.0 Å². The van der Waals surface area contributed by atoms with E-state index in [0.717, 1.165) is 16.0 Å². The SMILES string of the molecule is C=CC(c1ccsc1/C=C/c1ccc(C)cc1)S(=O)(=O)n1cccc1. The number of hydrogen-bond donors (Lipinski definition) is 0. The molecule has 0 aliphatic rings. The average molecular weight is 370 g/mol. The van der Waals surface area contributed by atoms with Crippen LogP contribution in [0.5, 0.6) is 0 Å². The van der Waals surface area contributed by atoms with Crippen LogP contribution in [0.4, 0.5) is 0 Å². The van der Waals surface area contributed by atoms with Crippen LogP contribution in [-0.4, -0.2) is 12.4 Å². The zero-order valence-electron chi connectivity index (χ0n) is 13.9. The monoisotopic (exact) mass is 369 g/mol. The van der Waals surface area contributed by atoms with Crippen molar-refractivity contribution >= 4 is 33.5 Å². The molecule has 2 aromatic heterocycles. The van der Waals surface area contributed by atoms with E-state index in [1.165, 1.54) is 26.9 Å². The van der Waals surface area contributed by atoms with Crippen LogP contribution in [0, 0.1) is 6.92 Å². The molecule has 128 valence electrons. The minimum atomic E-state index is -3.57. The highest BCUT2D eigenvalue weighted by Gasteiger charge is 2.27. The normalized spacial score (nSPS) is 13.2. The lowest BCUT2D eigenvalue weighted by Crippen LogP contribution is -2.18. The molecule has 1 aromatic carbocycles. The minimum Gasteiger partial charge on any atom is -0.252 e. The lowest BCUT2D eigenvalue weighted by molar-refractivity contribution is 0.581. The fraction of sp³-hybridized carbons (Fsp3) is 0.100. The van der Waals surface area contributed by atoms with Gasteiger partial charge in [0.1, 0.15) is 5.25 Å². The van der Waals surface area contributed by atoms with E-state index in [1.807, 2.05) is 42.7 Å². The van der Waals surface area contributed by atoms with Crippen LogP contribution in [-0.2, 0) is 10.0 Å². The van der Waals surface area contributed by atoms with Crippen LogP contribution in [0.2, 0.25) is 0 Å². The van der Waals surface area contributed by atoms with Crippen LogP contribution in [0.15, 0.2) is 72.9 Å². The van der Waals surface area contributed by atoms with Crippen molar-refractivity contribution < 1.29 is 8.42 Å². The highest BCUT2D eigenvalue weighted by atomic mass is 32.2. The summed E-state index contributed by atoms with van der Waals surface area (Å²) in [5, 5.41) is 1.12. The molecule has 0 bridgehead atoms. The van der Waals surface area contributed by atoms with E-state index in [1.54, 1.807) is 24.5 Å². The molecule has 0 saturated carbocycles. The van der Waals surface area contributed by atoms with Crippen LogP contribution in [0.1, 0.15) is 26.8 Å². The molecule has 0 spiro atoms. The Bertz CT molecular complexity index is 979. The first kappa shape index (κ1) is 17.5. The Kier molecular flexibility index (Phi) is 5.06. The second-order valence-electron chi connectivity index (χ2n) is 5.70. The van der Waals surface area contributed by atoms with Crippen molar-refractivity contribution in [2.45, 2.75) is 12.2 Å². The van der Waals surface area contributed by atoms with E-state index in [-0.39, 0.29) is 0 Å². The molecule has 3 aromatic rings. The molecule has 0 saturated heterocycles. The largest absolute Gasteiger partial charge is 0.252 e. The Hall–Kier alpha value is -2.37. The molecule has 1 atom stereocenters. The van der Waals surface area contributed by atoms with E-state index in [2.05, 4.69) is 18.7 Å². The molecule has 3 rings (SSSR count). The van der Waals surface area contributed by atoms with Crippen LogP contribution in [0.25, 0.3) is 12.2 Å². The molecule has 25 heavy (non-hydrogen) atoms. The third-order valence-corrected chi connectivity index (χ3v) is 6.76. The number of aryl methyl sites for hydroxylation is 1. The van der Waals surface area contributed by atoms with E-state index in [0.29, 0.717) is 0 Å². The number of aromatic nitrogens is 1. The van der Waals surface area contributed by atoms with Gasteiger partial charge in [0, 0.05) is 17.3 Å². The lowest BCUT2D eigenvalue weighted by atomic mass is 10.1. The molecule has 1 unspecified atom stereocenters. The maximum Gasteiger partial charge on any atom is 0.249 e. The highest BCUT2D eigenvalue weighted by Crippen LogP contribution is 2.32. The summed E-state index contributed by atoms with van der Waals surface area (Å²) in [6.07, 6.45) is 8.53. The molecule has 0 amide bonds. The zero-order chi connectivity index (χ0) is 17.9. The van der Waals surface area contributed by atoms with Crippen LogP contribution >= 0.6 is 11.3 Å². The van der Waals surface area contributed by atoms with Gasteiger partial charge in [-0.15, -0.1) is 17.9 Å². The summed E-state index contributed by atoms with van der Waals surface area (Å²) < 4.78 is 27.0. The van der Waals surface area contributed by atoms with Crippen molar-refractivity contribution in [1.82, 2.24) is 3.97 Å².